The Morgan fingerprint density at radius 1 is 1.20 bits per heavy atom. The van der Waals surface area contributed by atoms with Crippen LogP contribution in [0.5, 0.6) is 0 Å². The fraction of sp³-hybridized carbons (Fsp3) is 0. The second-order valence-electron chi connectivity index (χ2n) is 0.0745. The Balaban J connectivity index is -0.0000000200. The number of hydrogen-bond donors (Lipinski definition) is 0. The van der Waals surface area contributed by atoms with Gasteiger partial charge in [-0.3, -0.25) is 0 Å². The fourth-order valence-electron chi connectivity index (χ4n) is 0. The molecule has 5 heavy (non-hydrogen) atoms. The zero-order valence-electron chi connectivity index (χ0n) is 2.26. The smallest absolute Gasteiger partial charge is 0.474 e. The van der Waals surface area contributed by atoms with Crippen LogP contribution in [0.3, 0.4) is 0 Å². The van der Waals surface area contributed by atoms with Crippen LogP contribution in [0.15, 0.2) is 0 Å². The molecule has 0 aromatic carbocycles. The van der Waals surface area contributed by atoms with Crippen molar-refractivity contribution in [3.63, 3.8) is 0 Å². The molecule has 0 aliphatic carbocycles. The van der Waals surface area contributed by atoms with E-state index in [1.165, 1.54) is 0 Å². The van der Waals surface area contributed by atoms with E-state index in [-0.39, 0.29) is 36.2 Å². The third-order valence-corrected chi connectivity index (χ3v) is 0. The first-order valence-corrected chi connectivity index (χ1v) is 1.10. The Bertz CT molecular complexity index is 30.6. The third kappa shape index (κ3) is 43.5. The van der Waals surface area contributed by atoms with Crippen molar-refractivity contribution in [3.8, 4) is 0 Å². The van der Waals surface area contributed by atoms with Gasteiger partial charge in [0, 0.05) is 0 Å². The summed E-state index contributed by atoms with van der Waals surface area (Å²) in [5.74, 6) is 0. The molecule has 0 aromatic heterocycles. The molecule has 0 radical (unpaired) electrons. The topological polar surface area (TPSA) is 34.1 Å². The van der Waals surface area contributed by atoms with Gasteiger partial charge in [-0.25, -0.2) is 0 Å². The first-order chi connectivity index (χ1) is 1.41. The van der Waals surface area contributed by atoms with E-state index in [0.717, 1.165) is 0 Å². The Hall–Kier alpha value is 1.03. The van der Waals surface area contributed by atoms with Crippen molar-refractivity contribution in [1.82, 2.24) is 0 Å². The molecule has 2 nitrogen and oxygen atoms in total. The van der Waals surface area contributed by atoms with Gasteiger partial charge in [0.1, 0.15) is 0 Å². The van der Waals surface area contributed by atoms with E-state index in [4.69, 9.17) is 9.13 Å². The molecule has 0 saturated carbocycles. The molecule has 0 aliphatic rings. The molecule has 5 heteroatoms. The SMILES string of the molecule is O=[P-]=O.[AlH3].[Li+]. The summed E-state index contributed by atoms with van der Waals surface area (Å²) in [4.78, 5) is 0. The Morgan fingerprint density at radius 2 is 1.20 bits per heavy atom. The molecule has 0 bridgehead atoms. The first kappa shape index (κ1) is 16.6. The van der Waals surface area contributed by atoms with E-state index in [2.05, 4.69) is 0 Å². The molecule has 0 heterocycles. The monoisotopic (exact) mass is 100.0 g/mol. The van der Waals surface area contributed by atoms with Gasteiger partial charge in [0.05, 0.1) is 0 Å². The summed E-state index contributed by atoms with van der Waals surface area (Å²) in [6.45, 7) is 0. The van der Waals surface area contributed by atoms with Crippen LogP contribution < -0.4 is 18.9 Å². The van der Waals surface area contributed by atoms with Crippen molar-refractivity contribution in [1.29, 1.82) is 0 Å². The molecule has 24 valence electrons. The predicted molar refractivity (Wildman–Crippen MR) is 18.2 cm³/mol. The molecule has 0 N–H and O–H groups in total. The molecule has 0 fully saturated rings. The van der Waals surface area contributed by atoms with Crippen molar-refractivity contribution in [3.05, 3.63) is 0 Å². The largest absolute Gasteiger partial charge is 1.00 e. The van der Waals surface area contributed by atoms with Crippen molar-refractivity contribution in [2.24, 2.45) is 0 Å². The van der Waals surface area contributed by atoms with Gasteiger partial charge in [0.15, 0.2) is 17.4 Å². The molecular weight excluding hydrogens is 96.9 g/mol. The molecule has 0 aromatic rings. The number of rotatable bonds is 0. The van der Waals surface area contributed by atoms with Gasteiger partial charge < -0.3 is 9.13 Å². The van der Waals surface area contributed by atoms with Crippen LogP contribution in [-0.2, 0) is 9.13 Å². The van der Waals surface area contributed by atoms with E-state index < -0.39 is 8.34 Å². The maximum atomic E-state index is 8.35. The minimum atomic E-state index is -1.08. The van der Waals surface area contributed by atoms with Gasteiger partial charge in [-0.15, -0.1) is 0 Å². The van der Waals surface area contributed by atoms with Crippen molar-refractivity contribution in [2.75, 3.05) is 0 Å². The Kier molecular flexibility index (Phi) is 65.9. The Labute approximate surface area is 53.9 Å². The van der Waals surface area contributed by atoms with Gasteiger partial charge in [-0.2, -0.15) is 0 Å². The predicted octanol–water partition coefficient (Wildman–Crippen LogP) is -3.56. The molecule has 0 rings (SSSR count). The first-order valence-electron chi connectivity index (χ1n) is 0.365. The second-order valence-corrected chi connectivity index (χ2v) is 0.224. The van der Waals surface area contributed by atoms with Gasteiger partial charge in [-0.05, 0) is 0 Å². The quantitative estimate of drug-likeness (QED) is 0.233. The zero-order chi connectivity index (χ0) is 2.71. The molecule has 0 aliphatic heterocycles. The van der Waals surface area contributed by atoms with Crippen LogP contribution >= 0.6 is 8.34 Å². The molecule has 0 unspecified atom stereocenters. The average Bonchev–Trinajstić information content (AvgIpc) is 0.918. The van der Waals surface area contributed by atoms with Crippen molar-refractivity contribution < 1.29 is 28.0 Å². The van der Waals surface area contributed by atoms with Gasteiger partial charge in [0.2, 0.25) is 0 Å². The Morgan fingerprint density at radius 3 is 1.20 bits per heavy atom. The molecule has 0 atom stereocenters. The van der Waals surface area contributed by atoms with Crippen LogP contribution in [0.4, 0.5) is 0 Å². The van der Waals surface area contributed by atoms with Crippen molar-refractivity contribution in [2.45, 2.75) is 0 Å². The van der Waals surface area contributed by atoms with E-state index in [1.807, 2.05) is 0 Å². The zero-order valence-corrected chi connectivity index (χ0v) is 3.16. The summed E-state index contributed by atoms with van der Waals surface area (Å²) in [7, 11) is -1.08. The molecule has 0 amide bonds. The van der Waals surface area contributed by atoms with E-state index in [9.17, 15) is 0 Å². The summed E-state index contributed by atoms with van der Waals surface area (Å²) >= 11 is 0. The van der Waals surface area contributed by atoms with E-state index in [1.54, 1.807) is 0 Å². The van der Waals surface area contributed by atoms with Gasteiger partial charge in [0.25, 0.3) is 0 Å². The normalized spacial score (nSPS) is 2.40. The summed E-state index contributed by atoms with van der Waals surface area (Å²) in [6.07, 6.45) is 0. The van der Waals surface area contributed by atoms with Gasteiger partial charge in [-0.1, -0.05) is 8.34 Å². The van der Waals surface area contributed by atoms with Crippen LogP contribution in [0, 0.1) is 0 Å². The van der Waals surface area contributed by atoms with Crippen LogP contribution in [0.25, 0.3) is 0 Å². The number of hydrogen-bond acceptors (Lipinski definition) is 2. The summed E-state index contributed by atoms with van der Waals surface area (Å²) < 4.78 is 16.7. The fourth-order valence-corrected chi connectivity index (χ4v) is 0. The summed E-state index contributed by atoms with van der Waals surface area (Å²) in [5, 5.41) is 0. The minimum absolute atomic E-state index is 0. The van der Waals surface area contributed by atoms with Gasteiger partial charge >= 0.3 is 18.9 Å². The van der Waals surface area contributed by atoms with Crippen LogP contribution in [0.1, 0.15) is 0 Å². The average molecular weight is 99.9 g/mol. The maximum absolute atomic E-state index is 8.35. The van der Waals surface area contributed by atoms with E-state index >= 15 is 0 Å². The van der Waals surface area contributed by atoms with Crippen LogP contribution in [-0.4, -0.2) is 17.4 Å². The van der Waals surface area contributed by atoms with Crippen molar-refractivity contribution >= 4 is 25.7 Å². The second kappa shape index (κ2) is 19.8. The minimum Gasteiger partial charge on any atom is -0.474 e. The summed E-state index contributed by atoms with van der Waals surface area (Å²) in [5.41, 5.74) is 0. The molecule has 0 spiro atoms. The third-order valence-electron chi connectivity index (χ3n) is 0. The standard InChI is InChI=1S/Al.Li.O2P.3H/c;;1-3-2;;;/q;+1;-1;;;. The van der Waals surface area contributed by atoms with E-state index in [0.29, 0.717) is 0 Å². The summed E-state index contributed by atoms with van der Waals surface area (Å²) in [6, 6.07) is 0. The van der Waals surface area contributed by atoms with Crippen LogP contribution in [0.2, 0.25) is 0 Å². The molecule has 0 saturated heterocycles. The molecular formula is H3AlLiO2P. The maximum Gasteiger partial charge on any atom is 1.00 e.